The van der Waals surface area contributed by atoms with Crippen LogP contribution < -0.4 is 5.56 Å². The maximum Gasteiger partial charge on any atom is 0.264 e. The van der Waals surface area contributed by atoms with Crippen molar-refractivity contribution in [3.8, 4) is 0 Å². The molecule has 2 aromatic rings. The molecule has 0 radical (unpaired) electrons. The third-order valence-electron chi connectivity index (χ3n) is 1.96. The molecule has 0 saturated heterocycles. The zero-order valence-electron chi connectivity index (χ0n) is 7.97. The van der Waals surface area contributed by atoms with Gasteiger partial charge in [0.25, 0.3) is 5.56 Å². The fourth-order valence-corrected chi connectivity index (χ4v) is 1.19. The highest BCUT2D eigenvalue weighted by Crippen LogP contribution is 2.15. The molecule has 0 aliphatic heterocycles. The van der Waals surface area contributed by atoms with Gasteiger partial charge in [0.15, 0.2) is 0 Å². The van der Waals surface area contributed by atoms with Crippen molar-refractivity contribution in [1.82, 2.24) is 15.2 Å². The second-order valence-corrected chi connectivity index (χ2v) is 3.00. The van der Waals surface area contributed by atoms with Crippen LogP contribution in [-0.2, 0) is 0 Å². The van der Waals surface area contributed by atoms with E-state index in [0.29, 0.717) is 11.3 Å². The molecule has 0 bridgehead atoms. The molecule has 15 heavy (non-hydrogen) atoms. The van der Waals surface area contributed by atoms with E-state index in [9.17, 15) is 4.79 Å². The zero-order chi connectivity index (χ0) is 10.7. The first-order valence-electron chi connectivity index (χ1n) is 4.44. The third-order valence-corrected chi connectivity index (χ3v) is 1.96. The second kappa shape index (κ2) is 3.88. The minimum atomic E-state index is -0.229. The molecule has 0 amide bonds. The number of aromatic amines is 1. The number of aromatic nitrogens is 3. The Balaban J connectivity index is 2.37. The van der Waals surface area contributed by atoms with Crippen molar-refractivity contribution < 1.29 is 0 Å². The van der Waals surface area contributed by atoms with Crippen LogP contribution in [0.1, 0.15) is 11.4 Å². The molecular formula is C11H9N3O. The highest BCUT2D eigenvalue weighted by Gasteiger charge is 2.03. The second-order valence-electron chi connectivity index (χ2n) is 3.00. The van der Waals surface area contributed by atoms with E-state index in [0.717, 1.165) is 5.69 Å². The first-order valence-corrected chi connectivity index (χ1v) is 4.44. The number of pyridine rings is 1. The molecule has 0 spiro atoms. The molecule has 4 nitrogen and oxygen atoms in total. The Morgan fingerprint density at radius 2 is 2.07 bits per heavy atom. The van der Waals surface area contributed by atoms with E-state index in [1.165, 1.54) is 6.07 Å². The van der Waals surface area contributed by atoms with Gasteiger partial charge in [-0.15, -0.1) is 0 Å². The molecule has 2 aromatic heterocycles. The molecule has 2 rings (SSSR count). The maximum absolute atomic E-state index is 10.8. The van der Waals surface area contributed by atoms with Gasteiger partial charge in [-0.3, -0.25) is 9.78 Å². The van der Waals surface area contributed by atoms with Crippen LogP contribution in [0.25, 0.3) is 5.57 Å². The maximum atomic E-state index is 10.8. The van der Waals surface area contributed by atoms with Gasteiger partial charge in [-0.2, -0.15) is 5.10 Å². The van der Waals surface area contributed by atoms with Gasteiger partial charge >= 0.3 is 0 Å². The van der Waals surface area contributed by atoms with Crippen molar-refractivity contribution in [3.05, 3.63) is 64.8 Å². The van der Waals surface area contributed by atoms with Gasteiger partial charge in [-0.25, -0.2) is 5.10 Å². The highest BCUT2D eigenvalue weighted by atomic mass is 16.1. The molecule has 74 valence electrons. The van der Waals surface area contributed by atoms with E-state index in [2.05, 4.69) is 21.8 Å². The lowest BCUT2D eigenvalue weighted by Crippen LogP contribution is -2.07. The van der Waals surface area contributed by atoms with Crippen molar-refractivity contribution in [2.45, 2.75) is 0 Å². The summed E-state index contributed by atoms with van der Waals surface area (Å²) in [6, 6.07) is 8.58. The first kappa shape index (κ1) is 9.33. The Morgan fingerprint density at radius 1 is 1.20 bits per heavy atom. The average Bonchev–Trinajstić information content (AvgIpc) is 2.30. The number of hydrogen-bond acceptors (Lipinski definition) is 3. The molecule has 0 saturated carbocycles. The monoisotopic (exact) mass is 199 g/mol. The minimum absolute atomic E-state index is 0.229. The molecule has 0 unspecified atom stereocenters. The number of nitrogens with zero attached hydrogens (tertiary/aromatic N) is 2. The molecule has 0 aliphatic rings. The Hall–Kier alpha value is -2.23. The van der Waals surface area contributed by atoms with Crippen LogP contribution in [0.4, 0.5) is 0 Å². The van der Waals surface area contributed by atoms with Crippen LogP contribution in [0.2, 0.25) is 0 Å². The summed E-state index contributed by atoms with van der Waals surface area (Å²) in [5.41, 5.74) is 1.82. The van der Waals surface area contributed by atoms with E-state index in [-0.39, 0.29) is 5.56 Å². The third kappa shape index (κ3) is 1.99. The molecule has 0 aliphatic carbocycles. The average molecular weight is 199 g/mol. The van der Waals surface area contributed by atoms with Gasteiger partial charge in [0.1, 0.15) is 0 Å². The van der Waals surface area contributed by atoms with Crippen molar-refractivity contribution in [2.24, 2.45) is 0 Å². The Labute approximate surface area is 86.3 Å². The van der Waals surface area contributed by atoms with Crippen LogP contribution in [0, 0.1) is 0 Å². The molecular weight excluding hydrogens is 190 g/mol. The quantitative estimate of drug-likeness (QED) is 0.791. The number of hydrogen-bond donors (Lipinski definition) is 1. The standard InChI is InChI=1S/C11H9N3O/c1-8(9-4-2-3-7-12-9)10-5-6-11(15)14-13-10/h2-7H,1H2,(H,14,15). The Morgan fingerprint density at radius 3 is 2.67 bits per heavy atom. The summed E-state index contributed by atoms with van der Waals surface area (Å²) in [5.74, 6) is 0. The van der Waals surface area contributed by atoms with Gasteiger partial charge in [0, 0.05) is 17.8 Å². The lowest BCUT2D eigenvalue weighted by atomic mass is 10.1. The lowest BCUT2D eigenvalue weighted by Gasteiger charge is -2.02. The van der Waals surface area contributed by atoms with Crippen LogP contribution in [0.3, 0.4) is 0 Å². The summed E-state index contributed by atoms with van der Waals surface area (Å²) in [5, 5.41) is 6.23. The number of H-pyrrole nitrogens is 1. The van der Waals surface area contributed by atoms with E-state index < -0.39 is 0 Å². The topological polar surface area (TPSA) is 58.6 Å². The van der Waals surface area contributed by atoms with Crippen LogP contribution in [0.5, 0.6) is 0 Å². The van der Waals surface area contributed by atoms with Crippen molar-refractivity contribution in [2.75, 3.05) is 0 Å². The van der Waals surface area contributed by atoms with Crippen molar-refractivity contribution >= 4 is 5.57 Å². The zero-order valence-corrected chi connectivity index (χ0v) is 7.97. The van der Waals surface area contributed by atoms with E-state index in [4.69, 9.17) is 0 Å². The summed E-state index contributed by atoms with van der Waals surface area (Å²) >= 11 is 0. The van der Waals surface area contributed by atoms with Crippen molar-refractivity contribution in [3.63, 3.8) is 0 Å². The summed E-state index contributed by atoms with van der Waals surface area (Å²) in [6.07, 6.45) is 1.69. The van der Waals surface area contributed by atoms with Gasteiger partial charge < -0.3 is 0 Å². The van der Waals surface area contributed by atoms with Gasteiger partial charge in [0.2, 0.25) is 0 Å². The molecule has 2 heterocycles. The first-order chi connectivity index (χ1) is 7.27. The largest absolute Gasteiger partial charge is 0.268 e. The van der Waals surface area contributed by atoms with Crippen LogP contribution in [-0.4, -0.2) is 15.2 Å². The van der Waals surface area contributed by atoms with Crippen molar-refractivity contribution in [1.29, 1.82) is 0 Å². The number of rotatable bonds is 2. The SMILES string of the molecule is C=C(c1ccccn1)c1ccc(=O)[nH]n1. The van der Waals surface area contributed by atoms with Gasteiger partial charge in [-0.05, 0) is 18.2 Å². The molecule has 4 heteroatoms. The predicted octanol–water partition coefficient (Wildman–Crippen LogP) is 1.23. The molecule has 1 N–H and O–H groups in total. The summed E-state index contributed by atoms with van der Waals surface area (Å²) < 4.78 is 0. The van der Waals surface area contributed by atoms with Gasteiger partial charge in [0.05, 0.1) is 11.4 Å². The lowest BCUT2D eigenvalue weighted by molar-refractivity contribution is 0.970. The van der Waals surface area contributed by atoms with E-state index in [1.807, 2.05) is 18.2 Å². The fourth-order valence-electron chi connectivity index (χ4n) is 1.19. The van der Waals surface area contributed by atoms with E-state index >= 15 is 0 Å². The molecule has 0 atom stereocenters. The normalized spacial score (nSPS) is 9.87. The number of nitrogens with one attached hydrogen (secondary N) is 1. The van der Waals surface area contributed by atoms with E-state index in [1.54, 1.807) is 12.3 Å². The Kier molecular flexibility index (Phi) is 2.41. The molecule has 0 aromatic carbocycles. The van der Waals surface area contributed by atoms with Gasteiger partial charge in [-0.1, -0.05) is 12.6 Å². The fraction of sp³-hybridized carbons (Fsp3) is 0. The minimum Gasteiger partial charge on any atom is -0.268 e. The Bertz CT molecular complexity index is 511. The van der Waals surface area contributed by atoms with Crippen LogP contribution >= 0.6 is 0 Å². The summed E-state index contributed by atoms with van der Waals surface area (Å²) in [4.78, 5) is 15.0. The highest BCUT2D eigenvalue weighted by molar-refractivity contribution is 5.73. The summed E-state index contributed by atoms with van der Waals surface area (Å²) in [6.45, 7) is 3.88. The smallest absolute Gasteiger partial charge is 0.264 e. The molecule has 0 fully saturated rings. The predicted molar refractivity (Wildman–Crippen MR) is 57.2 cm³/mol. The summed E-state index contributed by atoms with van der Waals surface area (Å²) in [7, 11) is 0. The van der Waals surface area contributed by atoms with Crippen LogP contribution in [0.15, 0.2) is 47.9 Å².